The fourth-order valence-corrected chi connectivity index (χ4v) is 2.55. The molecule has 1 N–H and O–H groups in total. The highest BCUT2D eigenvalue weighted by molar-refractivity contribution is 6.02. The summed E-state index contributed by atoms with van der Waals surface area (Å²) < 4.78 is 0. The van der Waals surface area contributed by atoms with Crippen LogP contribution in [0.5, 0.6) is 0 Å². The van der Waals surface area contributed by atoms with Crippen LogP contribution in [0.15, 0.2) is 24.3 Å². The minimum Gasteiger partial charge on any atom is -0.350 e. The van der Waals surface area contributed by atoms with Gasteiger partial charge in [0, 0.05) is 25.8 Å². The predicted octanol–water partition coefficient (Wildman–Crippen LogP) is 1.71. The summed E-state index contributed by atoms with van der Waals surface area (Å²) in [5.74, 6) is -0.516. The highest BCUT2D eigenvalue weighted by Gasteiger charge is 2.28. The number of nitrogens with zero attached hydrogens (tertiary/aromatic N) is 1. The van der Waals surface area contributed by atoms with Crippen molar-refractivity contribution in [2.45, 2.75) is 39.2 Å². The quantitative estimate of drug-likeness (QED) is 0.839. The molecule has 0 saturated carbocycles. The van der Waals surface area contributed by atoms with Crippen LogP contribution < -0.4 is 5.32 Å². The number of nitrogens with one attached hydrogen (secondary N) is 1. The smallest absolute Gasteiger partial charge is 0.229 e. The second-order valence-electron chi connectivity index (χ2n) is 5.33. The van der Waals surface area contributed by atoms with Gasteiger partial charge in [0.2, 0.25) is 17.7 Å². The molecule has 1 saturated heterocycles. The van der Waals surface area contributed by atoms with Gasteiger partial charge in [-0.1, -0.05) is 24.3 Å². The van der Waals surface area contributed by atoms with Crippen LogP contribution in [-0.4, -0.2) is 29.2 Å². The highest BCUT2D eigenvalue weighted by Crippen LogP contribution is 2.17. The molecule has 0 radical (unpaired) electrons. The molecular weight excluding hydrogens is 268 g/mol. The molecule has 1 heterocycles. The molecule has 1 unspecified atom stereocenters. The number of benzene rings is 1. The third kappa shape index (κ3) is 3.68. The zero-order valence-corrected chi connectivity index (χ0v) is 12.4. The molecule has 0 bridgehead atoms. The Morgan fingerprint density at radius 1 is 1.24 bits per heavy atom. The number of rotatable bonds is 5. The van der Waals surface area contributed by atoms with Gasteiger partial charge >= 0.3 is 0 Å². The van der Waals surface area contributed by atoms with Crippen molar-refractivity contribution in [3.05, 3.63) is 35.4 Å². The second kappa shape index (κ2) is 6.52. The Morgan fingerprint density at radius 3 is 2.48 bits per heavy atom. The first-order valence-electron chi connectivity index (χ1n) is 7.17. The molecule has 0 aromatic heterocycles. The van der Waals surface area contributed by atoms with Gasteiger partial charge in [-0.15, -0.1) is 0 Å². The van der Waals surface area contributed by atoms with Crippen molar-refractivity contribution in [1.29, 1.82) is 0 Å². The van der Waals surface area contributed by atoms with Gasteiger partial charge in [-0.25, -0.2) is 0 Å². The van der Waals surface area contributed by atoms with Crippen LogP contribution in [0.25, 0.3) is 0 Å². The van der Waals surface area contributed by atoms with E-state index in [0.717, 1.165) is 11.1 Å². The Hall–Kier alpha value is -2.17. The van der Waals surface area contributed by atoms with E-state index in [4.69, 9.17) is 0 Å². The molecule has 5 heteroatoms. The van der Waals surface area contributed by atoms with Crippen LogP contribution in [0.4, 0.5) is 0 Å². The van der Waals surface area contributed by atoms with Crippen LogP contribution in [0, 0.1) is 6.92 Å². The second-order valence-corrected chi connectivity index (χ2v) is 5.33. The average Bonchev–Trinajstić information content (AvgIpc) is 2.76. The Morgan fingerprint density at radius 2 is 1.86 bits per heavy atom. The molecule has 1 atom stereocenters. The van der Waals surface area contributed by atoms with E-state index in [9.17, 15) is 14.4 Å². The summed E-state index contributed by atoms with van der Waals surface area (Å²) in [6, 6.07) is 7.78. The molecule has 3 amide bonds. The number of hydrogen-bond donors (Lipinski definition) is 1. The fourth-order valence-electron chi connectivity index (χ4n) is 2.55. The predicted molar refractivity (Wildman–Crippen MR) is 78.3 cm³/mol. The van der Waals surface area contributed by atoms with Crippen molar-refractivity contribution < 1.29 is 14.4 Å². The maximum absolute atomic E-state index is 11.9. The number of carbonyl (C=O) groups is 3. The molecule has 0 aliphatic carbocycles. The van der Waals surface area contributed by atoms with Gasteiger partial charge in [-0.3, -0.25) is 19.3 Å². The number of imide groups is 1. The topological polar surface area (TPSA) is 66.5 Å². The lowest BCUT2D eigenvalue weighted by atomic mass is 10.0. The summed E-state index contributed by atoms with van der Waals surface area (Å²) in [4.78, 5) is 36.0. The van der Waals surface area contributed by atoms with Crippen LogP contribution in [-0.2, 0) is 14.4 Å². The van der Waals surface area contributed by atoms with Crippen LogP contribution in [0.2, 0.25) is 0 Å². The molecule has 2 rings (SSSR count). The first kappa shape index (κ1) is 15.2. The van der Waals surface area contributed by atoms with Gasteiger partial charge in [0.25, 0.3) is 0 Å². The van der Waals surface area contributed by atoms with E-state index in [-0.39, 0.29) is 49.6 Å². The minimum atomic E-state index is -0.181. The summed E-state index contributed by atoms with van der Waals surface area (Å²) in [6.07, 6.45) is 0.674. The summed E-state index contributed by atoms with van der Waals surface area (Å²) in [5.41, 5.74) is 2.19. The minimum absolute atomic E-state index is 0.0938. The van der Waals surface area contributed by atoms with Gasteiger partial charge in [0.15, 0.2) is 0 Å². The Bertz CT molecular complexity index is 552. The molecule has 1 aromatic carbocycles. The lowest BCUT2D eigenvalue weighted by Gasteiger charge is -2.18. The summed E-state index contributed by atoms with van der Waals surface area (Å²) in [5, 5.41) is 2.90. The number of hydrogen-bond acceptors (Lipinski definition) is 3. The molecular formula is C16H20N2O3. The van der Waals surface area contributed by atoms with Gasteiger partial charge < -0.3 is 5.32 Å². The molecule has 112 valence electrons. The molecule has 0 spiro atoms. The molecule has 1 aromatic rings. The standard InChI is InChI=1S/C16H20N2O3/c1-11-5-3-4-6-13(11)12(2)17-14(19)9-10-18-15(20)7-8-16(18)21/h3-6,12H,7-10H2,1-2H3,(H,17,19). The van der Waals surface area contributed by atoms with E-state index in [0.29, 0.717) is 0 Å². The highest BCUT2D eigenvalue weighted by atomic mass is 16.2. The number of likely N-dealkylation sites (tertiary alicyclic amines) is 1. The number of carbonyl (C=O) groups excluding carboxylic acids is 3. The van der Waals surface area contributed by atoms with E-state index < -0.39 is 0 Å². The average molecular weight is 288 g/mol. The van der Waals surface area contributed by atoms with Crippen LogP contribution >= 0.6 is 0 Å². The first-order valence-corrected chi connectivity index (χ1v) is 7.17. The molecule has 1 aliphatic rings. The third-order valence-electron chi connectivity index (χ3n) is 3.75. The summed E-state index contributed by atoms with van der Waals surface area (Å²) in [7, 11) is 0. The van der Waals surface area contributed by atoms with Crippen molar-refractivity contribution in [2.24, 2.45) is 0 Å². The number of aryl methyl sites for hydroxylation is 1. The van der Waals surface area contributed by atoms with E-state index in [2.05, 4.69) is 5.32 Å². The Kier molecular flexibility index (Phi) is 4.73. The maximum atomic E-state index is 11.9. The largest absolute Gasteiger partial charge is 0.350 e. The van der Waals surface area contributed by atoms with E-state index in [1.165, 1.54) is 4.90 Å². The van der Waals surface area contributed by atoms with Crippen LogP contribution in [0.1, 0.15) is 43.4 Å². The van der Waals surface area contributed by atoms with Crippen molar-refractivity contribution >= 4 is 17.7 Å². The lowest BCUT2D eigenvalue weighted by molar-refractivity contribution is -0.138. The zero-order chi connectivity index (χ0) is 15.4. The molecule has 1 aliphatic heterocycles. The van der Waals surface area contributed by atoms with Gasteiger partial charge in [0.1, 0.15) is 0 Å². The van der Waals surface area contributed by atoms with E-state index in [1.54, 1.807) is 0 Å². The third-order valence-corrected chi connectivity index (χ3v) is 3.75. The summed E-state index contributed by atoms with van der Waals surface area (Å²) in [6.45, 7) is 4.09. The van der Waals surface area contributed by atoms with Gasteiger partial charge in [-0.05, 0) is 25.0 Å². The van der Waals surface area contributed by atoms with Crippen molar-refractivity contribution in [3.8, 4) is 0 Å². The van der Waals surface area contributed by atoms with Crippen LogP contribution in [0.3, 0.4) is 0 Å². The molecule has 1 fully saturated rings. The normalized spacial score (nSPS) is 16.2. The SMILES string of the molecule is Cc1ccccc1C(C)NC(=O)CCN1C(=O)CCC1=O. The molecule has 5 nitrogen and oxygen atoms in total. The fraction of sp³-hybridized carbons (Fsp3) is 0.438. The first-order chi connectivity index (χ1) is 9.99. The monoisotopic (exact) mass is 288 g/mol. The van der Waals surface area contributed by atoms with E-state index in [1.807, 2.05) is 38.1 Å². The van der Waals surface area contributed by atoms with Gasteiger partial charge in [-0.2, -0.15) is 0 Å². The van der Waals surface area contributed by atoms with Crippen molar-refractivity contribution in [1.82, 2.24) is 10.2 Å². The maximum Gasteiger partial charge on any atom is 0.229 e. The van der Waals surface area contributed by atoms with Crippen molar-refractivity contribution in [2.75, 3.05) is 6.54 Å². The Balaban J connectivity index is 1.86. The molecule has 21 heavy (non-hydrogen) atoms. The lowest BCUT2D eigenvalue weighted by Crippen LogP contribution is -2.35. The van der Waals surface area contributed by atoms with Gasteiger partial charge in [0.05, 0.1) is 6.04 Å². The van der Waals surface area contributed by atoms with E-state index >= 15 is 0 Å². The zero-order valence-electron chi connectivity index (χ0n) is 12.4. The summed E-state index contributed by atoms with van der Waals surface area (Å²) >= 11 is 0. The number of amides is 3. The van der Waals surface area contributed by atoms with Crippen molar-refractivity contribution in [3.63, 3.8) is 0 Å². The Labute approximate surface area is 124 Å².